The monoisotopic (exact) mass is 380 g/mol. The summed E-state index contributed by atoms with van der Waals surface area (Å²) in [6, 6.07) is 9.08. The highest BCUT2D eigenvalue weighted by Gasteiger charge is 2.31. The molecule has 0 spiro atoms. The van der Waals surface area contributed by atoms with Crippen LogP contribution in [0.3, 0.4) is 0 Å². The van der Waals surface area contributed by atoms with E-state index in [1.165, 1.54) is 30.3 Å². The number of carbonyl (C=O) groups is 2. The summed E-state index contributed by atoms with van der Waals surface area (Å²) >= 11 is 0. The van der Waals surface area contributed by atoms with Crippen molar-refractivity contribution in [1.82, 2.24) is 5.32 Å². The Morgan fingerprint density at radius 1 is 1.04 bits per heavy atom. The number of aliphatic hydroxyl groups excluding tert-OH is 1. The normalized spacial score (nSPS) is 16.8. The van der Waals surface area contributed by atoms with Crippen LogP contribution < -0.4 is 15.4 Å². The molecule has 0 bridgehead atoms. The van der Waals surface area contributed by atoms with E-state index in [1.807, 2.05) is 0 Å². The van der Waals surface area contributed by atoms with E-state index in [-0.39, 0.29) is 24.3 Å². The van der Waals surface area contributed by atoms with Crippen molar-refractivity contribution in [1.29, 1.82) is 0 Å². The molecule has 0 saturated heterocycles. The number of aliphatic hydroxyl groups is 1. The molecule has 2 aromatic rings. The molecular formula is C18H15F3N2O4. The lowest BCUT2D eigenvalue weighted by atomic mass is 10.0. The molecule has 142 valence electrons. The van der Waals surface area contributed by atoms with Crippen molar-refractivity contribution >= 4 is 17.5 Å². The Morgan fingerprint density at radius 3 is 2.33 bits per heavy atom. The minimum absolute atomic E-state index is 0.0824. The van der Waals surface area contributed by atoms with Crippen molar-refractivity contribution in [3.05, 3.63) is 48.0 Å². The highest BCUT2D eigenvalue weighted by Crippen LogP contribution is 2.29. The van der Waals surface area contributed by atoms with Crippen LogP contribution >= 0.6 is 0 Å². The second-order valence-electron chi connectivity index (χ2n) is 5.86. The van der Waals surface area contributed by atoms with Gasteiger partial charge < -0.3 is 20.5 Å². The number of alkyl halides is 3. The summed E-state index contributed by atoms with van der Waals surface area (Å²) in [4.78, 5) is 24.5. The van der Waals surface area contributed by atoms with Gasteiger partial charge in [0.1, 0.15) is 11.8 Å². The Kier molecular flexibility index (Phi) is 5.04. The van der Waals surface area contributed by atoms with Gasteiger partial charge in [-0.3, -0.25) is 9.59 Å². The van der Waals surface area contributed by atoms with Gasteiger partial charge in [0.25, 0.3) is 5.91 Å². The molecule has 1 atom stereocenters. The molecule has 2 aromatic carbocycles. The number of amides is 2. The third-order valence-corrected chi connectivity index (χ3v) is 3.98. The second-order valence-corrected chi connectivity index (χ2v) is 5.86. The van der Waals surface area contributed by atoms with Crippen LogP contribution in [0.4, 0.5) is 18.9 Å². The lowest BCUT2D eigenvalue weighted by Gasteiger charge is -2.12. The number of hydrogen-bond acceptors (Lipinski definition) is 4. The first-order valence-corrected chi connectivity index (χ1v) is 7.99. The van der Waals surface area contributed by atoms with E-state index in [4.69, 9.17) is 5.11 Å². The molecule has 0 aromatic heterocycles. The van der Waals surface area contributed by atoms with Gasteiger partial charge in [-0.15, -0.1) is 13.2 Å². The topological polar surface area (TPSA) is 87.7 Å². The van der Waals surface area contributed by atoms with Crippen LogP contribution in [0.25, 0.3) is 11.1 Å². The zero-order chi connectivity index (χ0) is 19.6. The fraction of sp³-hybridized carbons (Fsp3) is 0.222. The summed E-state index contributed by atoms with van der Waals surface area (Å²) in [5.41, 5.74) is 1.69. The summed E-state index contributed by atoms with van der Waals surface area (Å²) in [6.07, 6.45) is -4.69. The van der Waals surface area contributed by atoms with Crippen molar-refractivity contribution in [3.8, 4) is 16.9 Å². The van der Waals surface area contributed by atoms with Crippen LogP contribution in [0.5, 0.6) is 5.75 Å². The minimum atomic E-state index is -4.77. The fourth-order valence-electron chi connectivity index (χ4n) is 2.72. The SMILES string of the molecule is O=C1N[C@@H](CCO)C(=O)Nc2ccc(-c3ccc(OC(F)(F)F)cc3)cc21. The average Bonchev–Trinajstić information content (AvgIpc) is 2.71. The zero-order valence-corrected chi connectivity index (χ0v) is 13.8. The van der Waals surface area contributed by atoms with E-state index in [2.05, 4.69) is 15.4 Å². The van der Waals surface area contributed by atoms with E-state index in [0.29, 0.717) is 16.8 Å². The number of halogens is 3. The van der Waals surface area contributed by atoms with Crippen molar-refractivity contribution in [2.45, 2.75) is 18.8 Å². The van der Waals surface area contributed by atoms with E-state index in [0.717, 1.165) is 0 Å². The van der Waals surface area contributed by atoms with Crippen LogP contribution in [0, 0.1) is 0 Å². The lowest BCUT2D eigenvalue weighted by Crippen LogP contribution is -2.41. The van der Waals surface area contributed by atoms with Crippen molar-refractivity contribution in [2.75, 3.05) is 11.9 Å². The molecule has 0 unspecified atom stereocenters. The van der Waals surface area contributed by atoms with Gasteiger partial charge in [-0.2, -0.15) is 0 Å². The largest absolute Gasteiger partial charge is 0.573 e. The number of carbonyl (C=O) groups excluding carboxylic acids is 2. The zero-order valence-electron chi connectivity index (χ0n) is 13.8. The fourth-order valence-corrected chi connectivity index (χ4v) is 2.72. The Hall–Kier alpha value is -3.07. The van der Waals surface area contributed by atoms with Gasteiger partial charge >= 0.3 is 6.36 Å². The minimum Gasteiger partial charge on any atom is -0.406 e. The molecule has 0 radical (unpaired) electrons. The predicted molar refractivity (Wildman–Crippen MR) is 90.1 cm³/mol. The molecule has 0 saturated carbocycles. The van der Waals surface area contributed by atoms with E-state index in [9.17, 15) is 22.8 Å². The maximum absolute atomic E-state index is 12.4. The lowest BCUT2D eigenvalue weighted by molar-refractivity contribution is -0.274. The number of benzene rings is 2. The van der Waals surface area contributed by atoms with Crippen LogP contribution in [0.2, 0.25) is 0 Å². The van der Waals surface area contributed by atoms with Crippen LogP contribution in [0.1, 0.15) is 16.8 Å². The molecule has 1 aliphatic rings. The first-order valence-electron chi connectivity index (χ1n) is 7.99. The Morgan fingerprint density at radius 2 is 1.70 bits per heavy atom. The van der Waals surface area contributed by atoms with Gasteiger partial charge in [0.15, 0.2) is 0 Å². The Labute approximate surface area is 151 Å². The van der Waals surface area contributed by atoms with E-state index in [1.54, 1.807) is 12.1 Å². The van der Waals surface area contributed by atoms with Gasteiger partial charge in [-0.05, 0) is 41.8 Å². The number of ether oxygens (including phenoxy) is 1. The van der Waals surface area contributed by atoms with Gasteiger partial charge in [0.2, 0.25) is 5.91 Å². The number of anilines is 1. The molecule has 9 heteroatoms. The molecular weight excluding hydrogens is 365 g/mol. The van der Waals surface area contributed by atoms with Crippen LogP contribution in [-0.4, -0.2) is 35.9 Å². The molecule has 2 amide bonds. The molecule has 1 aliphatic heterocycles. The summed E-state index contributed by atoms with van der Waals surface area (Å²) < 4.78 is 40.5. The number of nitrogens with one attached hydrogen (secondary N) is 2. The smallest absolute Gasteiger partial charge is 0.406 e. The van der Waals surface area contributed by atoms with E-state index < -0.39 is 24.2 Å². The summed E-state index contributed by atoms with van der Waals surface area (Å²) in [5.74, 6) is -1.27. The molecule has 6 nitrogen and oxygen atoms in total. The quantitative estimate of drug-likeness (QED) is 0.761. The molecule has 3 rings (SSSR count). The van der Waals surface area contributed by atoms with Crippen molar-refractivity contribution in [3.63, 3.8) is 0 Å². The summed E-state index contributed by atoms with van der Waals surface area (Å²) in [7, 11) is 0. The molecule has 0 fully saturated rings. The Balaban J connectivity index is 1.87. The van der Waals surface area contributed by atoms with Crippen molar-refractivity contribution < 1.29 is 32.6 Å². The average molecular weight is 380 g/mol. The van der Waals surface area contributed by atoms with Gasteiger partial charge in [0, 0.05) is 6.61 Å². The summed E-state index contributed by atoms with van der Waals surface area (Å²) in [6.45, 7) is -0.258. The highest BCUT2D eigenvalue weighted by atomic mass is 19.4. The molecule has 0 aliphatic carbocycles. The van der Waals surface area contributed by atoms with Crippen LogP contribution in [0.15, 0.2) is 42.5 Å². The summed E-state index contributed by atoms with van der Waals surface area (Å²) in [5, 5.41) is 14.2. The predicted octanol–water partition coefficient (Wildman–Crippen LogP) is 2.69. The van der Waals surface area contributed by atoms with Crippen LogP contribution in [-0.2, 0) is 4.79 Å². The second kappa shape index (κ2) is 7.28. The maximum atomic E-state index is 12.4. The third kappa shape index (κ3) is 4.37. The maximum Gasteiger partial charge on any atom is 0.573 e. The van der Waals surface area contributed by atoms with Gasteiger partial charge in [-0.1, -0.05) is 18.2 Å². The van der Waals surface area contributed by atoms with Crippen molar-refractivity contribution in [2.24, 2.45) is 0 Å². The molecule has 3 N–H and O–H groups in total. The van der Waals surface area contributed by atoms with E-state index >= 15 is 0 Å². The third-order valence-electron chi connectivity index (χ3n) is 3.98. The number of rotatable bonds is 4. The highest BCUT2D eigenvalue weighted by molar-refractivity contribution is 6.10. The Bertz CT molecular complexity index is 866. The molecule has 27 heavy (non-hydrogen) atoms. The standard InChI is InChI=1S/C18H15F3N2O4/c19-18(20,21)27-12-4-1-10(2-5-12)11-3-6-14-13(9-11)16(25)23-15(7-8-24)17(26)22-14/h1-6,9,15,24H,7-8H2,(H,22,26)(H,23,25)/t15-/m0/s1. The number of hydrogen-bond donors (Lipinski definition) is 3. The van der Waals surface area contributed by atoms with Gasteiger partial charge in [-0.25, -0.2) is 0 Å². The first-order chi connectivity index (χ1) is 12.8. The molecule has 1 heterocycles. The van der Waals surface area contributed by atoms with Gasteiger partial charge in [0.05, 0.1) is 11.3 Å². The first kappa shape index (κ1) is 18.7. The number of fused-ring (bicyclic) bond motifs is 1.